The molecule has 9 heteroatoms. The van der Waals surface area contributed by atoms with Gasteiger partial charge in [0.15, 0.2) is 11.5 Å². The van der Waals surface area contributed by atoms with Crippen LogP contribution in [0.1, 0.15) is 27.6 Å². The van der Waals surface area contributed by atoms with Crippen molar-refractivity contribution >= 4 is 28.3 Å². The number of amides is 1. The highest BCUT2D eigenvalue weighted by molar-refractivity contribution is 6.14. The first-order chi connectivity index (χ1) is 17.9. The zero-order valence-electron chi connectivity index (χ0n) is 20.9. The molecule has 1 aromatic heterocycles. The number of benzene rings is 3. The summed E-state index contributed by atoms with van der Waals surface area (Å²) in [4.78, 5) is 39.4. The molecule has 1 N–H and O–H groups in total. The number of anilines is 1. The number of methoxy groups -OCH3 is 3. The van der Waals surface area contributed by atoms with Crippen molar-refractivity contribution < 1.29 is 28.5 Å². The molecule has 0 spiro atoms. The van der Waals surface area contributed by atoms with Crippen LogP contribution in [0, 0.1) is 0 Å². The van der Waals surface area contributed by atoms with Crippen LogP contribution in [0.25, 0.3) is 16.5 Å². The molecule has 0 fully saturated rings. The van der Waals surface area contributed by atoms with E-state index in [4.69, 9.17) is 18.9 Å². The predicted octanol–water partition coefficient (Wildman–Crippen LogP) is 4.45. The molecule has 0 radical (unpaired) electrons. The largest absolute Gasteiger partial charge is 0.494 e. The number of aromatic nitrogens is 1. The fourth-order valence-corrected chi connectivity index (χ4v) is 3.98. The number of nitrogens with zero attached hydrogens (tertiary/aromatic N) is 1. The first-order valence-electron chi connectivity index (χ1n) is 11.4. The van der Waals surface area contributed by atoms with Gasteiger partial charge in [0, 0.05) is 17.3 Å². The van der Waals surface area contributed by atoms with Crippen LogP contribution in [0.15, 0.2) is 71.7 Å². The Morgan fingerprint density at radius 2 is 1.51 bits per heavy atom. The predicted molar refractivity (Wildman–Crippen MR) is 140 cm³/mol. The maximum Gasteiger partial charge on any atom is 0.339 e. The number of pyridine rings is 1. The van der Waals surface area contributed by atoms with Gasteiger partial charge in [0.05, 0.1) is 50.1 Å². The highest BCUT2D eigenvalue weighted by Gasteiger charge is 2.21. The molecule has 0 aliphatic carbocycles. The Bertz CT molecular complexity index is 1520. The standard InChI is InChI=1S/C28H26N2O7/c1-5-37-18-12-10-17(11-13-18)30-16-22(20-14-24(34-2)25(35-3)15-21(20)27(30)32)26(31)29-23-9-7-6-8-19(23)28(33)36-4/h6-16H,5H2,1-4H3,(H,29,31). The Morgan fingerprint density at radius 3 is 2.14 bits per heavy atom. The first kappa shape index (κ1) is 25.3. The Hall–Kier alpha value is -4.79. The van der Waals surface area contributed by atoms with Crippen molar-refractivity contribution in [2.24, 2.45) is 0 Å². The number of ether oxygens (including phenoxy) is 4. The van der Waals surface area contributed by atoms with E-state index in [2.05, 4.69) is 5.32 Å². The van der Waals surface area contributed by atoms with Gasteiger partial charge in [0.1, 0.15) is 5.75 Å². The lowest BCUT2D eigenvalue weighted by molar-refractivity contribution is 0.0602. The van der Waals surface area contributed by atoms with Gasteiger partial charge in [0.2, 0.25) is 0 Å². The van der Waals surface area contributed by atoms with Crippen molar-refractivity contribution in [1.29, 1.82) is 0 Å². The molecule has 0 atom stereocenters. The van der Waals surface area contributed by atoms with Crippen molar-refractivity contribution in [1.82, 2.24) is 4.57 Å². The Balaban J connectivity index is 1.91. The van der Waals surface area contributed by atoms with Gasteiger partial charge in [-0.1, -0.05) is 12.1 Å². The smallest absolute Gasteiger partial charge is 0.339 e. The number of fused-ring (bicyclic) bond motifs is 1. The van der Waals surface area contributed by atoms with Crippen molar-refractivity contribution in [3.8, 4) is 22.9 Å². The third-order valence-electron chi connectivity index (χ3n) is 5.77. The lowest BCUT2D eigenvalue weighted by Gasteiger charge is -2.16. The molecule has 0 saturated carbocycles. The molecule has 9 nitrogen and oxygen atoms in total. The van der Waals surface area contributed by atoms with E-state index in [1.165, 1.54) is 32.1 Å². The summed E-state index contributed by atoms with van der Waals surface area (Å²) in [6.07, 6.45) is 1.46. The molecule has 0 bridgehead atoms. The topological polar surface area (TPSA) is 105 Å². The lowest BCUT2D eigenvalue weighted by atomic mass is 10.0. The molecule has 4 rings (SSSR count). The minimum atomic E-state index is -0.591. The first-order valence-corrected chi connectivity index (χ1v) is 11.4. The van der Waals surface area contributed by atoms with Gasteiger partial charge >= 0.3 is 5.97 Å². The van der Waals surface area contributed by atoms with Gasteiger partial charge in [-0.05, 0) is 55.5 Å². The van der Waals surface area contributed by atoms with E-state index in [0.717, 1.165) is 0 Å². The summed E-state index contributed by atoms with van der Waals surface area (Å²) in [5.41, 5.74) is 0.832. The molecule has 1 heterocycles. The highest BCUT2D eigenvalue weighted by atomic mass is 16.5. The SMILES string of the molecule is CCOc1ccc(-n2cc(C(=O)Nc3ccccc3C(=O)OC)c3cc(OC)c(OC)cc3c2=O)cc1. The zero-order chi connectivity index (χ0) is 26.5. The van der Waals surface area contributed by atoms with E-state index in [0.29, 0.717) is 34.9 Å². The number of nitrogens with one attached hydrogen (secondary N) is 1. The van der Waals surface area contributed by atoms with Crippen LogP contribution in [0.3, 0.4) is 0 Å². The number of hydrogen-bond acceptors (Lipinski definition) is 7. The second kappa shape index (κ2) is 10.9. The maximum absolute atomic E-state index is 13.6. The van der Waals surface area contributed by atoms with Gasteiger partial charge in [-0.2, -0.15) is 0 Å². The quantitative estimate of drug-likeness (QED) is 0.355. The van der Waals surface area contributed by atoms with Gasteiger partial charge in [0.25, 0.3) is 11.5 Å². The third-order valence-corrected chi connectivity index (χ3v) is 5.77. The molecule has 0 unspecified atom stereocenters. The molecule has 0 saturated heterocycles. The Labute approximate surface area is 213 Å². The van der Waals surface area contributed by atoms with Crippen LogP contribution < -0.4 is 25.1 Å². The molecule has 0 aliphatic heterocycles. The van der Waals surface area contributed by atoms with Gasteiger partial charge < -0.3 is 24.3 Å². The summed E-state index contributed by atoms with van der Waals surface area (Å²) in [6.45, 7) is 2.39. The fraction of sp³-hybridized carbons (Fsp3) is 0.179. The summed E-state index contributed by atoms with van der Waals surface area (Å²) in [5.74, 6) is 0.236. The summed E-state index contributed by atoms with van der Waals surface area (Å²) < 4.78 is 22.5. The van der Waals surface area contributed by atoms with Crippen LogP contribution in [0.5, 0.6) is 17.2 Å². The van der Waals surface area contributed by atoms with Crippen LogP contribution >= 0.6 is 0 Å². The second-order valence-electron chi connectivity index (χ2n) is 7.89. The number of carbonyl (C=O) groups is 2. The normalized spacial score (nSPS) is 10.6. The molecule has 0 aliphatic rings. The number of rotatable bonds is 8. The van der Waals surface area contributed by atoms with Crippen LogP contribution in [0.4, 0.5) is 5.69 Å². The van der Waals surface area contributed by atoms with Crippen molar-refractivity contribution in [2.75, 3.05) is 33.3 Å². The van der Waals surface area contributed by atoms with Gasteiger partial charge in [-0.25, -0.2) is 4.79 Å². The Kier molecular flexibility index (Phi) is 7.43. The molecule has 4 aromatic rings. The van der Waals surface area contributed by atoms with Crippen LogP contribution in [-0.2, 0) is 4.74 Å². The maximum atomic E-state index is 13.6. The Morgan fingerprint density at radius 1 is 0.865 bits per heavy atom. The average molecular weight is 503 g/mol. The van der Waals surface area contributed by atoms with Crippen molar-refractivity contribution in [2.45, 2.75) is 6.92 Å². The molecule has 3 aromatic carbocycles. The summed E-state index contributed by atoms with van der Waals surface area (Å²) in [6, 6.07) is 16.6. The highest BCUT2D eigenvalue weighted by Crippen LogP contribution is 2.33. The van der Waals surface area contributed by atoms with E-state index >= 15 is 0 Å². The molecular weight excluding hydrogens is 476 g/mol. The van der Waals surface area contributed by atoms with Gasteiger partial charge in [-0.3, -0.25) is 14.2 Å². The molecule has 1 amide bonds. The van der Waals surface area contributed by atoms with Gasteiger partial charge in [-0.15, -0.1) is 0 Å². The van der Waals surface area contributed by atoms with E-state index in [1.807, 2.05) is 6.92 Å². The lowest BCUT2D eigenvalue weighted by Crippen LogP contribution is -2.23. The minimum absolute atomic E-state index is 0.184. The number of esters is 1. The molecule has 190 valence electrons. The van der Waals surface area contributed by atoms with Crippen molar-refractivity contribution in [3.63, 3.8) is 0 Å². The van der Waals surface area contributed by atoms with Crippen LogP contribution in [-0.4, -0.2) is 44.4 Å². The minimum Gasteiger partial charge on any atom is -0.494 e. The zero-order valence-corrected chi connectivity index (χ0v) is 20.9. The monoisotopic (exact) mass is 502 g/mol. The molecular formula is C28H26N2O7. The van der Waals surface area contributed by atoms with E-state index in [9.17, 15) is 14.4 Å². The van der Waals surface area contributed by atoms with Crippen molar-refractivity contribution in [3.05, 3.63) is 88.3 Å². The average Bonchev–Trinajstić information content (AvgIpc) is 2.93. The van der Waals surface area contributed by atoms with E-state index < -0.39 is 11.9 Å². The van der Waals surface area contributed by atoms with Crippen LogP contribution in [0.2, 0.25) is 0 Å². The fourth-order valence-electron chi connectivity index (χ4n) is 3.98. The number of carbonyl (C=O) groups excluding carboxylic acids is 2. The third kappa shape index (κ3) is 4.97. The summed E-state index contributed by atoms with van der Waals surface area (Å²) in [7, 11) is 4.20. The summed E-state index contributed by atoms with van der Waals surface area (Å²) in [5, 5.41) is 3.39. The summed E-state index contributed by atoms with van der Waals surface area (Å²) >= 11 is 0. The van der Waals surface area contributed by atoms with E-state index in [1.54, 1.807) is 60.7 Å². The van der Waals surface area contributed by atoms with E-state index in [-0.39, 0.29) is 27.8 Å². The second-order valence-corrected chi connectivity index (χ2v) is 7.89. The molecule has 37 heavy (non-hydrogen) atoms. The number of hydrogen-bond donors (Lipinski definition) is 1. The number of para-hydroxylation sites is 1.